The lowest BCUT2D eigenvalue weighted by Crippen LogP contribution is -2.38. The molecule has 0 heterocycles. The van der Waals surface area contributed by atoms with Crippen LogP contribution in [-0.4, -0.2) is 41.8 Å². The Kier molecular flexibility index (Phi) is 7.98. The van der Waals surface area contributed by atoms with Gasteiger partial charge in [0, 0.05) is 12.6 Å². The average molecular weight is 230 g/mol. The molecule has 1 atom stereocenters. The van der Waals surface area contributed by atoms with E-state index in [0.29, 0.717) is 12.6 Å². The van der Waals surface area contributed by atoms with Crippen molar-refractivity contribution in [3.05, 3.63) is 0 Å². The molecule has 0 rings (SSSR count). The summed E-state index contributed by atoms with van der Waals surface area (Å²) in [5, 5.41) is 10.1. The van der Waals surface area contributed by atoms with Crippen LogP contribution in [0.3, 0.4) is 0 Å². The molecule has 0 aliphatic carbocycles. The summed E-state index contributed by atoms with van der Waals surface area (Å²) in [6, 6.07) is 0.674. The molecule has 3 heteroatoms. The van der Waals surface area contributed by atoms with Crippen molar-refractivity contribution in [1.29, 1.82) is 0 Å². The Bertz CT molecular complexity index is 165. The molecule has 0 aromatic carbocycles. The molecular formula is C13H30N2O. The zero-order valence-corrected chi connectivity index (χ0v) is 11.5. The predicted octanol–water partition coefficient (Wildman–Crippen LogP) is 1.99. The summed E-state index contributed by atoms with van der Waals surface area (Å²) in [6.07, 6.45) is 4.97. The lowest BCUT2D eigenvalue weighted by molar-refractivity contribution is 0.0310. The third-order valence-corrected chi connectivity index (χ3v) is 3.76. The highest BCUT2D eigenvalue weighted by molar-refractivity contribution is 4.78. The van der Waals surface area contributed by atoms with Crippen molar-refractivity contribution >= 4 is 0 Å². The minimum Gasteiger partial charge on any atom is -0.389 e. The maximum absolute atomic E-state index is 10.1. The van der Waals surface area contributed by atoms with Crippen molar-refractivity contribution in [3.63, 3.8) is 0 Å². The highest BCUT2D eigenvalue weighted by Gasteiger charge is 2.22. The van der Waals surface area contributed by atoms with Crippen molar-refractivity contribution < 1.29 is 5.11 Å². The van der Waals surface area contributed by atoms with Crippen LogP contribution in [0.4, 0.5) is 0 Å². The minimum absolute atomic E-state index is 0.373. The SMILES string of the molecule is CCC(CC)N(C)CCCC(O)(CC)CN. The molecule has 0 radical (unpaired) electrons. The van der Waals surface area contributed by atoms with Gasteiger partial charge in [0.2, 0.25) is 0 Å². The second-order valence-corrected chi connectivity index (χ2v) is 4.84. The highest BCUT2D eigenvalue weighted by Crippen LogP contribution is 2.16. The van der Waals surface area contributed by atoms with Gasteiger partial charge in [-0.2, -0.15) is 0 Å². The maximum Gasteiger partial charge on any atom is 0.0767 e. The van der Waals surface area contributed by atoms with Gasteiger partial charge in [-0.05, 0) is 45.7 Å². The van der Waals surface area contributed by atoms with Gasteiger partial charge in [0.05, 0.1) is 5.60 Å². The van der Waals surface area contributed by atoms with Gasteiger partial charge in [0.1, 0.15) is 0 Å². The zero-order chi connectivity index (χ0) is 12.6. The summed E-state index contributed by atoms with van der Waals surface area (Å²) in [6.45, 7) is 7.88. The molecule has 3 nitrogen and oxygen atoms in total. The van der Waals surface area contributed by atoms with Gasteiger partial charge in [-0.25, -0.2) is 0 Å². The van der Waals surface area contributed by atoms with E-state index in [1.165, 1.54) is 12.8 Å². The summed E-state index contributed by atoms with van der Waals surface area (Å²) in [5.41, 5.74) is 4.94. The first-order chi connectivity index (χ1) is 7.52. The lowest BCUT2D eigenvalue weighted by Gasteiger charge is -2.29. The van der Waals surface area contributed by atoms with Gasteiger partial charge >= 0.3 is 0 Å². The van der Waals surface area contributed by atoms with Crippen LogP contribution in [0.5, 0.6) is 0 Å². The second kappa shape index (κ2) is 8.04. The first-order valence-corrected chi connectivity index (χ1v) is 6.65. The molecule has 0 amide bonds. The molecule has 0 aliphatic rings. The van der Waals surface area contributed by atoms with Gasteiger partial charge in [-0.15, -0.1) is 0 Å². The minimum atomic E-state index is -0.644. The van der Waals surface area contributed by atoms with Crippen molar-refractivity contribution in [2.75, 3.05) is 20.1 Å². The van der Waals surface area contributed by atoms with Gasteiger partial charge in [0.25, 0.3) is 0 Å². The molecule has 0 spiro atoms. The maximum atomic E-state index is 10.1. The van der Waals surface area contributed by atoms with Crippen LogP contribution in [0.2, 0.25) is 0 Å². The lowest BCUT2D eigenvalue weighted by atomic mass is 9.94. The normalized spacial score (nSPS) is 15.8. The summed E-state index contributed by atoms with van der Waals surface area (Å²) < 4.78 is 0. The van der Waals surface area contributed by atoms with Crippen LogP contribution < -0.4 is 5.73 Å². The Hall–Kier alpha value is -0.120. The molecule has 98 valence electrons. The van der Waals surface area contributed by atoms with Crippen molar-refractivity contribution in [3.8, 4) is 0 Å². The van der Waals surface area contributed by atoms with E-state index in [2.05, 4.69) is 25.8 Å². The van der Waals surface area contributed by atoms with E-state index in [4.69, 9.17) is 5.73 Å². The van der Waals surface area contributed by atoms with E-state index >= 15 is 0 Å². The van der Waals surface area contributed by atoms with Gasteiger partial charge in [-0.3, -0.25) is 0 Å². The van der Waals surface area contributed by atoms with Gasteiger partial charge in [0.15, 0.2) is 0 Å². The molecular weight excluding hydrogens is 200 g/mol. The van der Waals surface area contributed by atoms with Crippen molar-refractivity contribution in [1.82, 2.24) is 4.90 Å². The second-order valence-electron chi connectivity index (χ2n) is 4.84. The van der Waals surface area contributed by atoms with E-state index in [1.807, 2.05) is 6.92 Å². The molecule has 0 aliphatic heterocycles. The quantitative estimate of drug-likeness (QED) is 0.637. The monoisotopic (exact) mass is 230 g/mol. The van der Waals surface area contributed by atoms with E-state index in [1.54, 1.807) is 0 Å². The number of nitrogens with zero attached hydrogens (tertiary/aromatic N) is 1. The van der Waals surface area contributed by atoms with E-state index < -0.39 is 5.60 Å². The zero-order valence-electron chi connectivity index (χ0n) is 11.5. The average Bonchev–Trinajstić information content (AvgIpc) is 2.30. The van der Waals surface area contributed by atoms with Crippen LogP contribution in [-0.2, 0) is 0 Å². The van der Waals surface area contributed by atoms with Crippen LogP contribution in [0.15, 0.2) is 0 Å². The number of hydrogen-bond acceptors (Lipinski definition) is 3. The molecule has 16 heavy (non-hydrogen) atoms. The molecule has 1 unspecified atom stereocenters. The number of rotatable bonds is 9. The van der Waals surface area contributed by atoms with Crippen molar-refractivity contribution in [2.45, 2.75) is 64.5 Å². The smallest absolute Gasteiger partial charge is 0.0767 e. The fourth-order valence-corrected chi connectivity index (χ4v) is 2.18. The Labute approximate surface area is 101 Å². The van der Waals surface area contributed by atoms with E-state index in [0.717, 1.165) is 25.8 Å². The third kappa shape index (κ3) is 5.28. The van der Waals surface area contributed by atoms with Crippen LogP contribution in [0, 0.1) is 0 Å². The first kappa shape index (κ1) is 15.9. The largest absolute Gasteiger partial charge is 0.389 e. The Morgan fingerprint density at radius 1 is 1.25 bits per heavy atom. The Morgan fingerprint density at radius 2 is 1.81 bits per heavy atom. The molecule has 0 fully saturated rings. The van der Waals surface area contributed by atoms with Crippen LogP contribution >= 0.6 is 0 Å². The van der Waals surface area contributed by atoms with Crippen LogP contribution in [0.25, 0.3) is 0 Å². The fourth-order valence-electron chi connectivity index (χ4n) is 2.18. The fraction of sp³-hybridized carbons (Fsp3) is 1.00. The van der Waals surface area contributed by atoms with E-state index in [-0.39, 0.29) is 0 Å². The molecule has 0 saturated carbocycles. The third-order valence-electron chi connectivity index (χ3n) is 3.76. The van der Waals surface area contributed by atoms with Gasteiger partial charge in [-0.1, -0.05) is 20.8 Å². The standard InChI is InChI=1S/C13H30N2O/c1-5-12(6-2)15(4)10-8-9-13(16,7-3)11-14/h12,16H,5-11,14H2,1-4H3. The molecule has 3 N–H and O–H groups in total. The summed E-state index contributed by atoms with van der Waals surface area (Å²) in [5.74, 6) is 0. The van der Waals surface area contributed by atoms with Crippen LogP contribution in [0.1, 0.15) is 52.9 Å². The van der Waals surface area contributed by atoms with Gasteiger partial charge < -0.3 is 15.7 Å². The summed E-state index contributed by atoms with van der Waals surface area (Å²) in [7, 11) is 2.17. The Balaban J connectivity index is 3.88. The predicted molar refractivity (Wildman–Crippen MR) is 70.5 cm³/mol. The highest BCUT2D eigenvalue weighted by atomic mass is 16.3. The molecule has 0 bridgehead atoms. The molecule has 0 saturated heterocycles. The number of aliphatic hydroxyl groups is 1. The number of hydrogen-bond donors (Lipinski definition) is 2. The first-order valence-electron chi connectivity index (χ1n) is 6.65. The summed E-state index contributed by atoms with van der Waals surface area (Å²) in [4.78, 5) is 2.40. The Morgan fingerprint density at radius 3 is 2.19 bits per heavy atom. The molecule has 0 aromatic heterocycles. The number of nitrogens with two attached hydrogens (primary N) is 1. The van der Waals surface area contributed by atoms with E-state index in [9.17, 15) is 5.11 Å². The topological polar surface area (TPSA) is 49.5 Å². The van der Waals surface area contributed by atoms with Crippen molar-refractivity contribution in [2.24, 2.45) is 5.73 Å². The molecule has 0 aromatic rings. The summed E-state index contributed by atoms with van der Waals surface area (Å²) >= 11 is 0.